The van der Waals surface area contributed by atoms with Crippen molar-refractivity contribution in [1.29, 1.82) is 0 Å². The van der Waals surface area contributed by atoms with E-state index in [1.807, 2.05) is 30.0 Å². The fourth-order valence-electron chi connectivity index (χ4n) is 3.19. The lowest BCUT2D eigenvalue weighted by molar-refractivity contribution is -0.118. The highest BCUT2D eigenvalue weighted by Crippen LogP contribution is 2.33. The van der Waals surface area contributed by atoms with Crippen molar-refractivity contribution >= 4 is 28.5 Å². The highest BCUT2D eigenvalue weighted by molar-refractivity contribution is 8.14. The minimum Gasteiger partial charge on any atom is -0.348 e. The third kappa shape index (κ3) is 2.65. The van der Waals surface area contributed by atoms with Gasteiger partial charge in [0.25, 0.3) is 0 Å². The van der Waals surface area contributed by atoms with Crippen molar-refractivity contribution in [1.82, 2.24) is 4.90 Å². The maximum Gasteiger partial charge on any atom is 0.231 e. The fraction of sp³-hybridized carbons (Fsp3) is 0.412. The molecule has 0 bridgehead atoms. The van der Waals surface area contributed by atoms with Crippen LogP contribution in [0.3, 0.4) is 0 Å². The molecule has 0 aromatic heterocycles. The molecular formula is C17H19N3OS. The number of hydrogen-bond donors (Lipinski definition) is 1. The Morgan fingerprint density at radius 3 is 3.18 bits per heavy atom. The molecule has 2 aliphatic heterocycles. The highest BCUT2D eigenvalue weighted by atomic mass is 32.2. The lowest BCUT2D eigenvalue weighted by atomic mass is 10.1. The van der Waals surface area contributed by atoms with Crippen LogP contribution in [-0.4, -0.2) is 34.8 Å². The summed E-state index contributed by atoms with van der Waals surface area (Å²) in [5.41, 5.74) is 2.06. The number of amidine groups is 1. The second-order valence-corrected chi connectivity index (χ2v) is 7.01. The topological polar surface area (TPSA) is 44.7 Å². The summed E-state index contributed by atoms with van der Waals surface area (Å²) in [4.78, 5) is 19.4. The van der Waals surface area contributed by atoms with Crippen LogP contribution >= 0.6 is 11.8 Å². The normalized spacial score (nSPS) is 26.2. The minimum absolute atomic E-state index is 0.0252. The summed E-state index contributed by atoms with van der Waals surface area (Å²) in [6.45, 7) is 2.07. The third-order valence-electron chi connectivity index (χ3n) is 4.41. The van der Waals surface area contributed by atoms with Crippen LogP contribution in [0.25, 0.3) is 0 Å². The summed E-state index contributed by atoms with van der Waals surface area (Å²) in [5, 5.41) is 4.22. The van der Waals surface area contributed by atoms with E-state index in [0.29, 0.717) is 0 Å². The number of carbonyl (C=O) groups excluding carboxylic acids is 1. The number of benzene rings is 1. The van der Waals surface area contributed by atoms with Gasteiger partial charge in [0, 0.05) is 24.5 Å². The number of carbonyl (C=O) groups is 1. The lowest BCUT2D eigenvalue weighted by Gasteiger charge is -2.14. The van der Waals surface area contributed by atoms with E-state index in [-0.39, 0.29) is 17.9 Å². The Morgan fingerprint density at radius 1 is 1.41 bits per heavy atom. The van der Waals surface area contributed by atoms with Gasteiger partial charge in [-0.15, -0.1) is 0 Å². The average molecular weight is 313 g/mol. The highest BCUT2D eigenvalue weighted by Gasteiger charge is 2.30. The Hall–Kier alpha value is -1.75. The van der Waals surface area contributed by atoms with E-state index >= 15 is 0 Å². The standard InChI is InChI=1S/C17H19N3OS/c21-16(12-4-1-2-5-12)18-14-7-3-6-13(10-14)15-11-20-8-9-22-17(20)19-15/h1,3-4,6-7,10,12,15H,2,5,8-9,11H2,(H,18,21). The number of fused-ring (bicyclic) bond motifs is 1. The minimum atomic E-state index is 0.0252. The molecule has 2 atom stereocenters. The van der Waals surface area contributed by atoms with Gasteiger partial charge in [-0.2, -0.15) is 0 Å². The predicted octanol–water partition coefficient (Wildman–Crippen LogP) is 3.05. The molecule has 0 saturated carbocycles. The van der Waals surface area contributed by atoms with Crippen LogP contribution in [0.1, 0.15) is 24.4 Å². The van der Waals surface area contributed by atoms with Crippen LogP contribution in [0, 0.1) is 5.92 Å². The van der Waals surface area contributed by atoms with Gasteiger partial charge in [0.1, 0.15) is 0 Å². The molecule has 1 saturated heterocycles. The van der Waals surface area contributed by atoms with Crippen molar-refractivity contribution < 1.29 is 4.79 Å². The van der Waals surface area contributed by atoms with Gasteiger partial charge >= 0.3 is 0 Å². The summed E-state index contributed by atoms with van der Waals surface area (Å²) in [5.74, 6) is 1.27. The van der Waals surface area contributed by atoms with Gasteiger partial charge < -0.3 is 10.2 Å². The molecule has 4 rings (SSSR count). The second-order valence-electron chi connectivity index (χ2n) is 5.95. The molecule has 1 N–H and O–H groups in total. The largest absolute Gasteiger partial charge is 0.348 e. The number of thioether (sulfide) groups is 1. The quantitative estimate of drug-likeness (QED) is 0.872. The van der Waals surface area contributed by atoms with Crippen molar-refractivity contribution in [2.75, 3.05) is 24.2 Å². The lowest BCUT2D eigenvalue weighted by Crippen LogP contribution is -2.22. The van der Waals surface area contributed by atoms with Gasteiger partial charge in [-0.05, 0) is 30.5 Å². The van der Waals surface area contributed by atoms with E-state index < -0.39 is 0 Å². The van der Waals surface area contributed by atoms with E-state index in [4.69, 9.17) is 4.99 Å². The van der Waals surface area contributed by atoms with Crippen LogP contribution in [0.4, 0.5) is 5.69 Å². The summed E-state index contributed by atoms with van der Waals surface area (Å²) >= 11 is 1.84. The fourth-order valence-corrected chi connectivity index (χ4v) is 4.24. The van der Waals surface area contributed by atoms with Crippen molar-refractivity contribution in [3.63, 3.8) is 0 Å². The van der Waals surface area contributed by atoms with Gasteiger partial charge in [-0.1, -0.05) is 36.0 Å². The van der Waals surface area contributed by atoms with Crippen molar-refractivity contribution in [2.24, 2.45) is 10.9 Å². The third-order valence-corrected chi connectivity index (χ3v) is 5.42. The first-order valence-corrected chi connectivity index (χ1v) is 8.81. The molecular weight excluding hydrogens is 294 g/mol. The summed E-state index contributed by atoms with van der Waals surface area (Å²) in [7, 11) is 0. The zero-order valence-electron chi connectivity index (χ0n) is 12.4. The summed E-state index contributed by atoms with van der Waals surface area (Å²) < 4.78 is 0. The molecule has 1 fully saturated rings. The first-order chi connectivity index (χ1) is 10.8. The van der Waals surface area contributed by atoms with E-state index in [0.717, 1.165) is 37.4 Å². The van der Waals surface area contributed by atoms with Gasteiger partial charge in [0.05, 0.1) is 12.0 Å². The molecule has 2 unspecified atom stereocenters. The molecule has 114 valence electrons. The van der Waals surface area contributed by atoms with Crippen LogP contribution in [-0.2, 0) is 4.79 Å². The molecule has 0 radical (unpaired) electrons. The van der Waals surface area contributed by atoms with E-state index in [1.165, 1.54) is 10.7 Å². The first kappa shape index (κ1) is 13.9. The predicted molar refractivity (Wildman–Crippen MR) is 91.1 cm³/mol. The van der Waals surface area contributed by atoms with Crippen molar-refractivity contribution in [3.05, 3.63) is 42.0 Å². The number of hydrogen-bond acceptors (Lipinski definition) is 4. The maximum absolute atomic E-state index is 12.2. The van der Waals surface area contributed by atoms with Gasteiger partial charge in [0.2, 0.25) is 5.91 Å². The molecule has 3 aliphatic rings. The molecule has 1 aliphatic carbocycles. The number of nitrogens with zero attached hydrogens (tertiary/aromatic N) is 2. The Labute approximate surface area is 134 Å². The van der Waals surface area contributed by atoms with Gasteiger partial charge in [-0.25, -0.2) is 0 Å². The van der Waals surface area contributed by atoms with Crippen molar-refractivity contribution in [3.8, 4) is 0 Å². The molecule has 4 nitrogen and oxygen atoms in total. The first-order valence-electron chi connectivity index (χ1n) is 7.82. The second kappa shape index (κ2) is 5.80. The number of amides is 1. The Bertz CT molecular complexity index is 655. The van der Waals surface area contributed by atoms with Gasteiger partial charge in [-0.3, -0.25) is 9.79 Å². The van der Waals surface area contributed by atoms with Crippen LogP contribution in [0.5, 0.6) is 0 Å². The van der Waals surface area contributed by atoms with E-state index in [2.05, 4.69) is 28.4 Å². The molecule has 2 heterocycles. The molecule has 1 aromatic rings. The number of nitrogens with one attached hydrogen (secondary N) is 1. The molecule has 1 aromatic carbocycles. The maximum atomic E-state index is 12.2. The van der Waals surface area contributed by atoms with Crippen LogP contribution in [0.15, 0.2) is 41.4 Å². The molecule has 0 spiro atoms. The SMILES string of the molecule is O=C(Nc1cccc(C2CN3CCSC3=N2)c1)C1C=CCC1. The summed E-state index contributed by atoms with van der Waals surface area (Å²) in [6.07, 6.45) is 6.02. The Balaban J connectivity index is 1.48. The molecule has 1 amide bonds. The zero-order valence-corrected chi connectivity index (χ0v) is 13.2. The van der Waals surface area contributed by atoms with Crippen LogP contribution in [0.2, 0.25) is 0 Å². The van der Waals surface area contributed by atoms with Crippen molar-refractivity contribution in [2.45, 2.75) is 18.9 Å². The molecule has 22 heavy (non-hydrogen) atoms. The monoisotopic (exact) mass is 313 g/mol. The molecule has 5 heteroatoms. The van der Waals surface area contributed by atoms with Crippen LogP contribution < -0.4 is 5.32 Å². The number of allylic oxidation sites excluding steroid dienone is 1. The van der Waals surface area contributed by atoms with Gasteiger partial charge in [0.15, 0.2) is 5.17 Å². The smallest absolute Gasteiger partial charge is 0.231 e. The summed E-state index contributed by atoms with van der Waals surface area (Å²) in [6, 6.07) is 8.33. The Morgan fingerprint density at radius 2 is 2.36 bits per heavy atom. The Kier molecular flexibility index (Phi) is 3.66. The van der Waals surface area contributed by atoms with E-state index in [1.54, 1.807) is 0 Å². The number of rotatable bonds is 3. The number of aliphatic imine (C=N–C) groups is 1. The number of anilines is 1. The zero-order chi connectivity index (χ0) is 14.9. The van der Waals surface area contributed by atoms with E-state index in [9.17, 15) is 4.79 Å². The average Bonchev–Trinajstić information content (AvgIpc) is 3.24.